The maximum Gasteiger partial charge on any atom is 0.355 e. The number of carbonyl (C=O) groups excluding carboxylic acids is 2. The van der Waals surface area contributed by atoms with Crippen molar-refractivity contribution in [3.63, 3.8) is 0 Å². The molecule has 0 fully saturated rings. The molecule has 0 radical (unpaired) electrons. The van der Waals surface area contributed by atoms with Crippen molar-refractivity contribution in [2.45, 2.75) is 24.4 Å². The monoisotopic (exact) mass is 471 g/mol. The van der Waals surface area contributed by atoms with Crippen LogP contribution in [0.3, 0.4) is 0 Å². The summed E-state index contributed by atoms with van der Waals surface area (Å²) in [7, 11) is 0. The molecular formula is C16H17N5O8S2. The van der Waals surface area contributed by atoms with Crippen LogP contribution < -0.4 is 16.4 Å². The van der Waals surface area contributed by atoms with Gasteiger partial charge in [0.2, 0.25) is 6.61 Å². The minimum atomic E-state index is -1.48. The fourth-order valence-corrected chi connectivity index (χ4v) is 4.60. The van der Waals surface area contributed by atoms with Gasteiger partial charge in [-0.25, -0.2) is 19.4 Å². The number of aliphatic carboxylic acids is 2. The topological polar surface area (TPSA) is 203 Å². The molecule has 15 heteroatoms. The number of cyclic esters (lactones) is 1. The van der Waals surface area contributed by atoms with Crippen LogP contribution >= 0.6 is 23.1 Å². The number of oxime groups is 1. The number of aromatic nitrogens is 1. The molecule has 3 rings (SSSR count). The van der Waals surface area contributed by atoms with E-state index >= 15 is 0 Å². The Hall–Kier alpha value is -3.33. The normalized spacial score (nSPS) is 21.6. The molecule has 2 aliphatic heterocycles. The van der Waals surface area contributed by atoms with Crippen LogP contribution in [0.4, 0.5) is 5.13 Å². The fourth-order valence-electron chi connectivity index (χ4n) is 2.74. The first-order valence-corrected chi connectivity index (χ1v) is 10.6. The smallest absolute Gasteiger partial charge is 0.355 e. The highest BCUT2D eigenvalue weighted by molar-refractivity contribution is 8.00. The number of carboxylic acids is 2. The van der Waals surface area contributed by atoms with Crippen molar-refractivity contribution in [2.75, 3.05) is 18.1 Å². The molecule has 1 amide bonds. The molecule has 3 atom stereocenters. The molecule has 0 bridgehead atoms. The Balaban J connectivity index is 1.79. The second-order valence-electron chi connectivity index (χ2n) is 6.29. The number of nitrogens with two attached hydrogens (primary N) is 1. The molecule has 1 aromatic heterocycles. The van der Waals surface area contributed by atoms with Crippen molar-refractivity contribution in [3.8, 4) is 0 Å². The summed E-state index contributed by atoms with van der Waals surface area (Å²) in [5, 5.41) is 27.6. The predicted octanol–water partition coefficient (Wildman–Crippen LogP) is -1.04. The van der Waals surface area contributed by atoms with E-state index in [0.29, 0.717) is 11.3 Å². The second-order valence-corrected chi connectivity index (χ2v) is 8.31. The summed E-state index contributed by atoms with van der Waals surface area (Å²) in [6.45, 7) is 0.884. The van der Waals surface area contributed by atoms with Crippen LogP contribution in [-0.2, 0) is 28.8 Å². The van der Waals surface area contributed by atoms with E-state index in [1.807, 2.05) is 0 Å². The molecule has 0 aromatic carbocycles. The lowest BCUT2D eigenvalue weighted by Gasteiger charge is -2.29. The van der Waals surface area contributed by atoms with Gasteiger partial charge in [0.15, 0.2) is 16.9 Å². The largest absolute Gasteiger partial charge is 0.480 e. The van der Waals surface area contributed by atoms with Gasteiger partial charge in [-0.2, -0.15) is 0 Å². The Morgan fingerprint density at radius 1 is 1.48 bits per heavy atom. The first-order chi connectivity index (χ1) is 14.7. The molecule has 3 heterocycles. The van der Waals surface area contributed by atoms with E-state index in [1.54, 1.807) is 6.92 Å². The van der Waals surface area contributed by atoms with Gasteiger partial charge in [0.25, 0.3) is 5.91 Å². The molecule has 0 saturated carbocycles. The third-order valence-corrected chi connectivity index (χ3v) is 6.08. The lowest BCUT2D eigenvalue weighted by atomic mass is 10.1. The van der Waals surface area contributed by atoms with Gasteiger partial charge in [-0.15, -0.1) is 23.1 Å². The van der Waals surface area contributed by atoms with Crippen molar-refractivity contribution >= 4 is 57.8 Å². The number of hydrogen-bond donors (Lipinski definition) is 5. The molecule has 1 aromatic rings. The van der Waals surface area contributed by atoms with Crippen molar-refractivity contribution < 1.29 is 39.0 Å². The van der Waals surface area contributed by atoms with Gasteiger partial charge in [0.1, 0.15) is 22.9 Å². The van der Waals surface area contributed by atoms with Crippen LogP contribution in [-0.4, -0.2) is 74.6 Å². The van der Waals surface area contributed by atoms with E-state index in [9.17, 15) is 24.3 Å². The van der Waals surface area contributed by atoms with E-state index in [4.69, 9.17) is 15.6 Å². The number of nitrogens with one attached hydrogen (secondary N) is 2. The molecule has 0 saturated heterocycles. The van der Waals surface area contributed by atoms with E-state index in [0.717, 1.165) is 11.3 Å². The Morgan fingerprint density at radius 2 is 2.23 bits per heavy atom. The highest BCUT2D eigenvalue weighted by Crippen LogP contribution is 2.32. The molecule has 0 spiro atoms. The van der Waals surface area contributed by atoms with Crippen LogP contribution in [0.1, 0.15) is 12.6 Å². The maximum absolute atomic E-state index is 12.8. The number of thioether (sulfide) groups is 1. The van der Waals surface area contributed by atoms with Gasteiger partial charge in [-0.3, -0.25) is 4.79 Å². The number of ether oxygens (including phenoxy) is 1. The van der Waals surface area contributed by atoms with Gasteiger partial charge < -0.3 is 36.2 Å². The molecule has 3 unspecified atom stereocenters. The highest BCUT2D eigenvalue weighted by atomic mass is 32.2. The van der Waals surface area contributed by atoms with Crippen LogP contribution in [0.2, 0.25) is 0 Å². The number of esters is 1. The third-order valence-electron chi connectivity index (χ3n) is 4.18. The van der Waals surface area contributed by atoms with E-state index in [-0.39, 0.29) is 16.5 Å². The highest BCUT2D eigenvalue weighted by Gasteiger charge is 2.41. The fraction of sp³-hybridized carbons (Fsp3) is 0.375. The average molecular weight is 471 g/mol. The number of anilines is 1. The van der Waals surface area contributed by atoms with Crippen LogP contribution in [0.25, 0.3) is 0 Å². The lowest BCUT2D eigenvalue weighted by molar-refractivity contribution is -0.142. The van der Waals surface area contributed by atoms with Crippen molar-refractivity contribution in [1.29, 1.82) is 0 Å². The summed E-state index contributed by atoms with van der Waals surface area (Å²) in [6.07, 6.45) is -0.415. The van der Waals surface area contributed by atoms with Gasteiger partial charge in [-0.05, 0) is 6.92 Å². The zero-order valence-corrected chi connectivity index (χ0v) is 17.5. The Morgan fingerprint density at radius 3 is 2.84 bits per heavy atom. The Labute approximate surface area is 182 Å². The van der Waals surface area contributed by atoms with Gasteiger partial charge >= 0.3 is 17.9 Å². The van der Waals surface area contributed by atoms with Crippen molar-refractivity contribution in [2.24, 2.45) is 5.16 Å². The molecule has 13 nitrogen and oxygen atoms in total. The second kappa shape index (κ2) is 9.22. The predicted molar refractivity (Wildman–Crippen MR) is 108 cm³/mol. The summed E-state index contributed by atoms with van der Waals surface area (Å²) in [5.41, 5.74) is 5.99. The summed E-state index contributed by atoms with van der Waals surface area (Å²) in [4.78, 5) is 55.8. The number of hydrogen-bond acceptors (Lipinski definition) is 12. The van der Waals surface area contributed by atoms with Crippen LogP contribution in [0, 0.1) is 0 Å². The molecule has 2 aliphatic rings. The van der Waals surface area contributed by atoms with E-state index in [1.165, 1.54) is 17.1 Å². The first kappa shape index (κ1) is 22.4. The summed E-state index contributed by atoms with van der Waals surface area (Å²) < 4.78 is 5.11. The molecule has 0 aliphatic carbocycles. The number of rotatable bonds is 8. The zero-order valence-electron chi connectivity index (χ0n) is 15.9. The summed E-state index contributed by atoms with van der Waals surface area (Å²) in [5.74, 6) is -3.93. The lowest BCUT2D eigenvalue weighted by Crippen LogP contribution is -2.55. The van der Waals surface area contributed by atoms with Crippen molar-refractivity contribution in [1.82, 2.24) is 15.6 Å². The number of carbonyl (C=O) groups is 4. The SMILES string of the molecule is CC1OC(=O)C2=C1CSC(C(NC(=O)C(=NOCC(=O)O)c1csc(N)n1)C(=O)O)N2. The zero-order chi connectivity index (χ0) is 22.7. The van der Waals surface area contributed by atoms with E-state index in [2.05, 4.69) is 25.6 Å². The Bertz CT molecular complexity index is 990. The quantitative estimate of drug-likeness (QED) is 0.175. The first-order valence-electron chi connectivity index (χ1n) is 8.66. The van der Waals surface area contributed by atoms with Gasteiger partial charge in [-0.1, -0.05) is 5.16 Å². The summed E-state index contributed by atoms with van der Waals surface area (Å²) >= 11 is 2.18. The average Bonchev–Trinajstić information content (AvgIpc) is 3.25. The summed E-state index contributed by atoms with van der Waals surface area (Å²) in [6, 6.07) is -1.48. The number of thiazole rings is 1. The molecule has 166 valence electrons. The number of nitrogens with zero attached hydrogens (tertiary/aromatic N) is 2. The standard InChI is InChI=1S/C16H17N5O8S2/c1-5-6-3-30-13(20-9(6)15(27)29-5)11(14(25)26)19-12(24)10(21-28-2-8(22)23)7-4-31-16(17)18-7/h4-5,11,13,20H,2-3H2,1H3,(H2,17,18)(H,19,24)(H,22,23)(H,25,26). The molecular weight excluding hydrogens is 454 g/mol. The molecule has 6 N–H and O–H groups in total. The molecule has 31 heavy (non-hydrogen) atoms. The van der Waals surface area contributed by atoms with Crippen molar-refractivity contribution in [3.05, 3.63) is 22.3 Å². The van der Waals surface area contributed by atoms with Gasteiger partial charge in [0.05, 0.1) is 0 Å². The van der Waals surface area contributed by atoms with Crippen LogP contribution in [0.5, 0.6) is 0 Å². The number of carboxylic acid groups (broad SMARTS) is 2. The minimum Gasteiger partial charge on any atom is -0.480 e. The van der Waals surface area contributed by atoms with E-state index < -0.39 is 53.7 Å². The van der Waals surface area contributed by atoms with Gasteiger partial charge in [0, 0.05) is 16.7 Å². The number of amides is 1. The Kier molecular flexibility index (Phi) is 6.65. The van der Waals surface area contributed by atoms with Crippen LogP contribution in [0.15, 0.2) is 21.8 Å². The minimum absolute atomic E-state index is 0.0167. The maximum atomic E-state index is 12.8. The number of nitrogen functional groups attached to an aromatic ring is 1. The third kappa shape index (κ3) is 5.05.